The molecule has 0 saturated heterocycles. The third-order valence-corrected chi connectivity index (χ3v) is 1.20. The summed E-state index contributed by atoms with van der Waals surface area (Å²) >= 11 is 0. The van der Waals surface area contributed by atoms with Gasteiger partial charge in [-0.25, -0.2) is 0 Å². The van der Waals surface area contributed by atoms with E-state index in [4.69, 9.17) is 0 Å². The fraction of sp³-hybridized carbons (Fsp3) is 0. The molecule has 68 valence electrons. The molecule has 0 atom stereocenters. The molecule has 0 aliphatic carbocycles. The highest BCUT2D eigenvalue weighted by Crippen LogP contribution is 2.19. The van der Waals surface area contributed by atoms with E-state index < -0.39 is 16.7 Å². The summed E-state index contributed by atoms with van der Waals surface area (Å²) in [6.45, 7) is 3.21. The maximum absolute atomic E-state index is 10.7. The summed E-state index contributed by atoms with van der Waals surface area (Å²) in [6, 6.07) is 2.44. The lowest BCUT2D eigenvalue weighted by molar-refractivity contribution is -0.401. The smallest absolute Gasteiger partial charge is 0.384 e. The van der Waals surface area contributed by atoms with Gasteiger partial charge in [0.15, 0.2) is 0 Å². The van der Waals surface area contributed by atoms with Crippen LogP contribution in [0.3, 0.4) is 0 Å². The van der Waals surface area contributed by atoms with E-state index in [0.29, 0.717) is 0 Å². The molecule has 1 N–H and O–H groups in total. The number of rotatable bonds is 3. The molecule has 0 aliphatic heterocycles. The van der Waals surface area contributed by atoms with E-state index in [9.17, 15) is 14.9 Å². The average molecular weight is 182 g/mol. The first-order valence-electron chi connectivity index (χ1n) is 3.31. The Hall–Kier alpha value is -2.11. The van der Waals surface area contributed by atoms with Crippen LogP contribution in [0, 0.1) is 10.1 Å². The Morgan fingerprint density at radius 1 is 1.69 bits per heavy atom. The fourth-order valence-corrected chi connectivity index (χ4v) is 0.665. The molecule has 0 fully saturated rings. The van der Waals surface area contributed by atoms with Gasteiger partial charge in [-0.2, -0.15) is 0 Å². The van der Waals surface area contributed by atoms with Gasteiger partial charge in [0, 0.05) is 6.07 Å². The van der Waals surface area contributed by atoms with Gasteiger partial charge in [0.1, 0.15) is 4.92 Å². The largest absolute Gasteiger partial charge is 0.434 e. The molecule has 6 nitrogen and oxygen atoms in total. The summed E-state index contributed by atoms with van der Waals surface area (Å²) in [4.78, 5) is 20.2. The number of furan rings is 1. The SMILES string of the molecule is C=CC(=O)Nc1ccc([N+](=O)[O-])o1. The van der Waals surface area contributed by atoms with Crippen molar-refractivity contribution in [1.82, 2.24) is 0 Å². The molecule has 1 amide bonds. The summed E-state index contributed by atoms with van der Waals surface area (Å²) in [7, 11) is 0. The maximum atomic E-state index is 10.7. The van der Waals surface area contributed by atoms with E-state index in [1.165, 1.54) is 6.07 Å². The zero-order valence-electron chi connectivity index (χ0n) is 6.52. The predicted molar refractivity (Wildman–Crippen MR) is 44.2 cm³/mol. The third kappa shape index (κ3) is 2.16. The maximum Gasteiger partial charge on any atom is 0.434 e. The molecule has 6 heteroatoms. The third-order valence-electron chi connectivity index (χ3n) is 1.20. The zero-order valence-corrected chi connectivity index (χ0v) is 6.52. The molecule has 1 aromatic rings. The summed E-state index contributed by atoms with van der Waals surface area (Å²) < 4.78 is 4.64. The lowest BCUT2D eigenvalue weighted by atomic mass is 10.5. The van der Waals surface area contributed by atoms with Crippen molar-refractivity contribution in [1.29, 1.82) is 0 Å². The van der Waals surface area contributed by atoms with Crippen LogP contribution in [0.4, 0.5) is 11.8 Å². The van der Waals surface area contributed by atoms with Crippen molar-refractivity contribution in [3.63, 3.8) is 0 Å². The Morgan fingerprint density at radius 2 is 2.38 bits per heavy atom. The van der Waals surface area contributed by atoms with Crippen LogP contribution in [0.5, 0.6) is 0 Å². The number of hydrogen-bond acceptors (Lipinski definition) is 4. The van der Waals surface area contributed by atoms with Crippen molar-refractivity contribution in [2.75, 3.05) is 5.32 Å². The van der Waals surface area contributed by atoms with Gasteiger partial charge in [-0.15, -0.1) is 0 Å². The van der Waals surface area contributed by atoms with Crippen molar-refractivity contribution in [3.05, 3.63) is 34.9 Å². The van der Waals surface area contributed by atoms with E-state index in [1.54, 1.807) is 0 Å². The first-order valence-corrected chi connectivity index (χ1v) is 3.31. The van der Waals surface area contributed by atoms with E-state index in [0.717, 1.165) is 12.1 Å². The van der Waals surface area contributed by atoms with Crippen molar-refractivity contribution < 1.29 is 14.1 Å². The molecular weight excluding hydrogens is 176 g/mol. The number of carbonyl (C=O) groups is 1. The molecule has 1 aromatic heterocycles. The number of carbonyl (C=O) groups excluding carboxylic acids is 1. The van der Waals surface area contributed by atoms with Crippen LogP contribution < -0.4 is 5.32 Å². The molecule has 1 rings (SSSR count). The minimum atomic E-state index is -0.691. The van der Waals surface area contributed by atoms with Crippen LogP contribution in [0.25, 0.3) is 0 Å². The van der Waals surface area contributed by atoms with Gasteiger partial charge in [0.25, 0.3) is 0 Å². The van der Waals surface area contributed by atoms with Gasteiger partial charge in [-0.1, -0.05) is 6.58 Å². The molecule has 0 saturated carbocycles. The Labute approximate surface area is 73.0 Å². The van der Waals surface area contributed by atoms with Gasteiger partial charge in [-0.05, 0) is 6.08 Å². The zero-order chi connectivity index (χ0) is 9.84. The molecule has 13 heavy (non-hydrogen) atoms. The number of amides is 1. The molecule has 0 radical (unpaired) electrons. The molecule has 1 heterocycles. The summed E-state index contributed by atoms with van der Waals surface area (Å²) in [5.41, 5.74) is 0. The lowest BCUT2D eigenvalue weighted by Crippen LogP contribution is -2.05. The lowest BCUT2D eigenvalue weighted by Gasteiger charge is -1.93. The number of anilines is 1. The molecule has 0 aromatic carbocycles. The molecule has 0 bridgehead atoms. The second kappa shape index (κ2) is 3.53. The van der Waals surface area contributed by atoms with Crippen molar-refractivity contribution in [3.8, 4) is 0 Å². The number of nitrogens with one attached hydrogen (secondary N) is 1. The highest BCUT2D eigenvalue weighted by Gasteiger charge is 2.12. The first kappa shape index (κ1) is 8.98. The normalized spacial score (nSPS) is 9.23. The first-order chi connectivity index (χ1) is 6.13. The van der Waals surface area contributed by atoms with Gasteiger partial charge >= 0.3 is 5.88 Å². The Morgan fingerprint density at radius 3 is 2.85 bits per heavy atom. The topological polar surface area (TPSA) is 85.4 Å². The van der Waals surface area contributed by atoms with Gasteiger partial charge in [-0.3, -0.25) is 20.2 Å². The second-order valence-corrected chi connectivity index (χ2v) is 2.09. The molecule has 0 unspecified atom stereocenters. The predicted octanol–water partition coefficient (Wildman–Crippen LogP) is 1.31. The number of nitro groups is 1. The van der Waals surface area contributed by atoms with Crippen LogP contribution >= 0.6 is 0 Å². The van der Waals surface area contributed by atoms with E-state index in [1.807, 2.05) is 0 Å². The van der Waals surface area contributed by atoms with Crippen LogP contribution in [-0.4, -0.2) is 10.8 Å². The van der Waals surface area contributed by atoms with Crippen LogP contribution in [0.1, 0.15) is 0 Å². The monoisotopic (exact) mass is 182 g/mol. The summed E-state index contributed by atoms with van der Waals surface area (Å²) in [5.74, 6) is -0.875. The van der Waals surface area contributed by atoms with Crippen molar-refractivity contribution >= 4 is 17.7 Å². The van der Waals surface area contributed by atoms with E-state index in [-0.39, 0.29) is 5.88 Å². The van der Waals surface area contributed by atoms with Gasteiger partial charge in [0.05, 0.1) is 6.07 Å². The van der Waals surface area contributed by atoms with E-state index in [2.05, 4.69) is 16.3 Å². The van der Waals surface area contributed by atoms with Crippen LogP contribution in [-0.2, 0) is 4.79 Å². The fourth-order valence-electron chi connectivity index (χ4n) is 0.665. The quantitative estimate of drug-likeness (QED) is 0.433. The minimum Gasteiger partial charge on any atom is -0.384 e. The number of nitrogens with zero attached hydrogens (tertiary/aromatic N) is 1. The molecule has 0 aliphatic rings. The van der Waals surface area contributed by atoms with Gasteiger partial charge in [0.2, 0.25) is 11.8 Å². The Balaban J connectivity index is 2.74. The van der Waals surface area contributed by atoms with Gasteiger partial charge < -0.3 is 4.42 Å². The summed E-state index contributed by atoms with van der Waals surface area (Å²) in [6.07, 6.45) is 1.04. The number of hydrogen-bond donors (Lipinski definition) is 1. The molecular formula is C7H6N2O4. The van der Waals surface area contributed by atoms with E-state index >= 15 is 0 Å². The minimum absolute atomic E-state index is 0.0246. The highest BCUT2D eigenvalue weighted by atomic mass is 16.6. The standard InChI is InChI=1S/C7H6N2O4/c1-2-5(10)8-6-3-4-7(13-6)9(11)12/h2-4H,1H2,(H,8,10). The Bertz CT molecular complexity index is 355. The average Bonchev–Trinajstić information content (AvgIpc) is 2.52. The van der Waals surface area contributed by atoms with Crippen LogP contribution in [0.2, 0.25) is 0 Å². The van der Waals surface area contributed by atoms with Crippen molar-refractivity contribution in [2.45, 2.75) is 0 Å². The molecule has 0 spiro atoms. The summed E-state index contributed by atoms with van der Waals surface area (Å²) in [5, 5.41) is 12.4. The van der Waals surface area contributed by atoms with Crippen LogP contribution in [0.15, 0.2) is 29.2 Å². The van der Waals surface area contributed by atoms with Crippen molar-refractivity contribution in [2.24, 2.45) is 0 Å². The highest BCUT2D eigenvalue weighted by molar-refractivity contribution is 5.97. The second-order valence-electron chi connectivity index (χ2n) is 2.09. The Kier molecular flexibility index (Phi) is 2.44.